The molecule has 3 N–H and O–H groups in total. The Morgan fingerprint density at radius 1 is 1.43 bits per heavy atom. The Kier molecular flexibility index (Phi) is 4.80. The molecule has 1 aromatic carbocycles. The lowest BCUT2D eigenvalue weighted by atomic mass is 9.86. The van der Waals surface area contributed by atoms with Gasteiger partial charge in [0.15, 0.2) is 0 Å². The molecule has 21 heavy (non-hydrogen) atoms. The first-order chi connectivity index (χ1) is 9.92. The van der Waals surface area contributed by atoms with Crippen LogP contribution in [0.1, 0.15) is 32.8 Å². The molecule has 116 valence electrons. The van der Waals surface area contributed by atoms with E-state index in [-0.39, 0.29) is 5.69 Å². The Balaban J connectivity index is 2.19. The molecule has 6 heteroatoms. The number of likely N-dealkylation sites (tertiary alicyclic amines) is 1. The third kappa shape index (κ3) is 3.51. The van der Waals surface area contributed by atoms with Crippen LogP contribution in [-0.2, 0) is 6.54 Å². The van der Waals surface area contributed by atoms with E-state index in [1.807, 2.05) is 6.07 Å². The third-order valence-electron chi connectivity index (χ3n) is 4.52. The molecule has 3 unspecified atom stereocenters. The van der Waals surface area contributed by atoms with Crippen LogP contribution in [0.5, 0.6) is 0 Å². The molecule has 3 atom stereocenters. The molecular formula is C15H24N4O2. The molecule has 0 aromatic heterocycles. The maximum Gasteiger partial charge on any atom is 0.293 e. The monoisotopic (exact) mass is 292 g/mol. The molecule has 1 aromatic rings. The van der Waals surface area contributed by atoms with Crippen molar-refractivity contribution in [1.29, 1.82) is 0 Å². The molecular weight excluding hydrogens is 268 g/mol. The maximum atomic E-state index is 11.1. The summed E-state index contributed by atoms with van der Waals surface area (Å²) in [6.45, 7) is 8.55. The highest BCUT2D eigenvalue weighted by molar-refractivity contribution is 5.61. The zero-order valence-corrected chi connectivity index (χ0v) is 12.9. The Labute approximate surface area is 125 Å². The van der Waals surface area contributed by atoms with E-state index in [1.54, 1.807) is 12.1 Å². The first-order valence-corrected chi connectivity index (χ1v) is 7.40. The van der Waals surface area contributed by atoms with E-state index >= 15 is 0 Å². The van der Waals surface area contributed by atoms with Crippen LogP contribution in [0.3, 0.4) is 0 Å². The second kappa shape index (κ2) is 6.41. The number of nitro benzene ring substituents is 1. The highest BCUT2D eigenvalue weighted by Gasteiger charge is 2.29. The lowest BCUT2D eigenvalue weighted by molar-refractivity contribution is -0.384. The maximum absolute atomic E-state index is 11.1. The molecule has 0 spiro atoms. The van der Waals surface area contributed by atoms with Crippen molar-refractivity contribution in [2.45, 2.75) is 39.8 Å². The zero-order chi connectivity index (χ0) is 15.6. The minimum absolute atomic E-state index is 0.0285. The van der Waals surface area contributed by atoms with Gasteiger partial charge in [-0.05, 0) is 36.8 Å². The van der Waals surface area contributed by atoms with Crippen molar-refractivity contribution in [2.75, 3.05) is 12.0 Å². The van der Waals surface area contributed by atoms with E-state index in [9.17, 15) is 10.1 Å². The molecule has 1 saturated heterocycles. The van der Waals surface area contributed by atoms with Crippen molar-refractivity contribution in [3.05, 3.63) is 33.9 Å². The van der Waals surface area contributed by atoms with Crippen molar-refractivity contribution >= 4 is 11.4 Å². The van der Waals surface area contributed by atoms with Gasteiger partial charge in [0.1, 0.15) is 5.69 Å². The third-order valence-corrected chi connectivity index (χ3v) is 4.52. The fraction of sp³-hybridized carbons (Fsp3) is 0.600. The number of piperidine rings is 1. The fourth-order valence-corrected chi connectivity index (χ4v) is 3.22. The first-order valence-electron chi connectivity index (χ1n) is 7.40. The normalized spacial score (nSPS) is 26.6. The summed E-state index contributed by atoms with van der Waals surface area (Å²) in [6.07, 6.45) is 1.24. The Morgan fingerprint density at radius 3 is 2.76 bits per heavy atom. The van der Waals surface area contributed by atoms with Crippen LogP contribution in [0.15, 0.2) is 18.2 Å². The Morgan fingerprint density at radius 2 is 2.14 bits per heavy atom. The Hall–Kier alpha value is -1.66. The Bertz CT molecular complexity index is 520. The lowest BCUT2D eigenvalue weighted by Gasteiger charge is -2.41. The number of hydrogen-bond acceptors (Lipinski definition) is 5. The number of nitro groups is 1. The van der Waals surface area contributed by atoms with Gasteiger partial charge in [-0.2, -0.15) is 0 Å². The second-order valence-electron chi connectivity index (χ2n) is 6.24. The first kappa shape index (κ1) is 15.7. The predicted molar refractivity (Wildman–Crippen MR) is 83.7 cm³/mol. The number of nitrogens with two attached hydrogens (primary N) is 1. The average Bonchev–Trinajstić information content (AvgIpc) is 2.44. The summed E-state index contributed by atoms with van der Waals surface area (Å²) in [4.78, 5) is 13.1. The topological polar surface area (TPSA) is 84.4 Å². The van der Waals surface area contributed by atoms with Crippen molar-refractivity contribution in [2.24, 2.45) is 17.7 Å². The lowest BCUT2D eigenvalue weighted by Crippen LogP contribution is -2.45. The van der Waals surface area contributed by atoms with Gasteiger partial charge in [-0.1, -0.05) is 19.9 Å². The molecule has 0 saturated carbocycles. The number of anilines is 1. The van der Waals surface area contributed by atoms with E-state index < -0.39 is 4.92 Å². The number of hydrazine groups is 1. The van der Waals surface area contributed by atoms with Gasteiger partial charge in [0.05, 0.1) is 4.92 Å². The van der Waals surface area contributed by atoms with E-state index in [0.717, 1.165) is 18.7 Å². The van der Waals surface area contributed by atoms with Crippen molar-refractivity contribution in [3.8, 4) is 0 Å². The number of hydrogen-bond donors (Lipinski definition) is 2. The minimum atomic E-state index is -0.399. The van der Waals surface area contributed by atoms with Crippen LogP contribution < -0.4 is 11.3 Å². The van der Waals surface area contributed by atoms with Crippen LogP contribution in [0.25, 0.3) is 0 Å². The smallest absolute Gasteiger partial charge is 0.293 e. The van der Waals surface area contributed by atoms with Crippen LogP contribution in [0.4, 0.5) is 11.4 Å². The highest BCUT2D eigenvalue weighted by atomic mass is 16.6. The molecule has 0 amide bonds. The van der Waals surface area contributed by atoms with Crippen molar-refractivity contribution in [1.82, 2.24) is 4.90 Å². The summed E-state index contributed by atoms with van der Waals surface area (Å²) in [5, 5.41) is 11.1. The minimum Gasteiger partial charge on any atom is -0.318 e. The quantitative estimate of drug-likeness (QED) is 0.506. The second-order valence-corrected chi connectivity index (χ2v) is 6.24. The number of rotatable bonds is 4. The number of nitrogens with zero attached hydrogens (tertiary/aromatic N) is 2. The number of benzene rings is 1. The standard InChI is InChI=1S/C15H24N4O2/c1-10-6-11(2)12(3)18(8-10)9-13-4-5-14(17-16)15(7-13)19(20)21/h4-5,7,10-12,17H,6,8-9,16H2,1-3H3. The van der Waals surface area contributed by atoms with E-state index in [1.165, 1.54) is 6.42 Å². The van der Waals surface area contributed by atoms with Crippen LogP contribution >= 0.6 is 0 Å². The van der Waals surface area contributed by atoms with Crippen LogP contribution in [-0.4, -0.2) is 22.4 Å². The van der Waals surface area contributed by atoms with E-state index in [0.29, 0.717) is 23.6 Å². The molecule has 6 nitrogen and oxygen atoms in total. The van der Waals surface area contributed by atoms with E-state index in [4.69, 9.17) is 5.84 Å². The number of nitrogen functional groups attached to an aromatic ring is 1. The summed E-state index contributed by atoms with van der Waals surface area (Å²) in [7, 11) is 0. The van der Waals surface area contributed by atoms with Crippen LogP contribution in [0, 0.1) is 22.0 Å². The molecule has 1 aliphatic heterocycles. The van der Waals surface area contributed by atoms with Crippen molar-refractivity contribution < 1.29 is 4.92 Å². The van der Waals surface area contributed by atoms with Crippen molar-refractivity contribution in [3.63, 3.8) is 0 Å². The summed E-state index contributed by atoms with van der Waals surface area (Å²) in [6, 6.07) is 5.69. The molecule has 0 bridgehead atoms. The molecule has 1 heterocycles. The fourth-order valence-electron chi connectivity index (χ4n) is 3.22. The van der Waals surface area contributed by atoms with Gasteiger partial charge in [-0.3, -0.25) is 20.9 Å². The molecule has 2 rings (SSSR count). The summed E-state index contributed by atoms with van der Waals surface area (Å²) < 4.78 is 0. The largest absolute Gasteiger partial charge is 0.318 e. The number of nitrogens with one attached hydrogen (secondary N) is 1. The molecule has 1 fully saturated rings. The van der Waals surface area contributed by atoms with Crippen LogP contribution in [0.2, 0.25) is 0 Å². The van der Waals surface area contributed by atoms with Gasteiger partial charge in [0.2, 0.25) is 0 Å². The summed E-state index contributed by atoms with van der Waals surface area (Å²) in [5.74, 6) is 6.63. The summed E-state index contributed by atoms with van der Waals surface area (Å²) >= 11 is 0. The van der Waals surface area contributed by atoms with Gasteiger partial charge in [-0.15, -0.1) is 0 Å². The van der Waals surface area contributed by atoms with Gasteiger partial charge >= 0.3 is 0 Å². The van der Waals surface area contributed by atoms with Gasteiger partial charge in [0, 0.05) is 25.2 Å². The van der Waals surface area contributed by atoms with Gasteiger partial charge in [0.25, 0.3) is 5.69 Å². The van der Waals surface area contributed by atoms with Gasteiger partial charge in [-0.25, -0.2) is 0 Å². The highest BCUT2D eigenvalue weighted by Crippen LogP contribution is 2.30. The summed E-state index contributed by atoms with van der Waals surface area (Å²) in [5.41, 5.74) is 3.70. The SMILES string of the molecule is CC1CC(C)C(C)N(Cc2ccc(NN)c([N+](=O)[O-])c2)C1. The average molecular weight is 292 g/mol. The molecule has 0 radical (unpaired) electrons. The molecule has 1 aliphatic rings. The predicted octanol–water partition coefficient (Wildman–Crippen LogP) is 2.75. The molecule has 0 aliphatic carbocycles. The van der Waals surface area contributed by atoms with Gasteiger partial charge < -0.3 is 5.43 Å². The zero-order valence-electron chi connectivity index (χ0n) is 12.9. The van der Waals surface area contributed by atoms with E-state index in [2.05, 4.69) is 31.1 Å².